The second kappa shape index (κ2) is 8.25. The number of carbonyl (C=O) groups excluding carboxylic acids is 1. The number of carbonyl (C=O) groups is 1. The third-order valence-corrected chi connectivity index (χ3v) is 5.63. The van der Waals surface area contributed by atoms with Crippen molar-refractivity contribution in [3.63, 3.8) is 0 Å². The molecule has 0 saturated carbocycles. The molecule has 0 aliphatic rings. The largest absolute Gasteiger partial charge is 0.352 e. The van der Waals surface area contributed by atoms with Crippen molar-refractivity contribution in [3.8, 4) is 22.5 Å². The summed E-state index contributed by atoms with van der Waals surface area (Å²) in [5.41, 5.74) is 7.47. The fourth-order valence-electron chi connectivity index (χ4n) is 4.01. The van der Waals surface area contributed by atoms with Gasteiger partial charge in [0.1, 0.15) is 0 Å². The van der Waals surface area contributed by atoms with Gasteiger partial charge < -0.3 is 10.3 Å². The van der Waals surface area contributed by atoms with Crippen LogP contribution >= 0.6 is 0 Å². The molecular formula is C26H19N7O. The van der Waals surface area contributed by atoms with E-state index in [1.165, 1.54) is 0 Å². The van der Waals surface area contributed by atoms with Crippen LogP contribution in [0.2, 0.25) is 0 Å². The van der Waals surface area contributed by atoms with Crippen LogP contribution in [0.25, 0.3) is 44.6 Å². The Morgan fingerprint density at radius 2 is 1.79 bits per heavy atom. The van der Waals surface area contributed by atoms with Crippen molar-refractivity contribution in [2.45, 2.75) is 6.42 Å². The Kier molecular flexibility index (Phi) is 4.81. The summed E-state index contributed by atoms with van der Waals surface area (Å²) in [7, 11) is 0. The Hall–Kier alpha value is -4.85. The number of benzene rings is 1. The molecule has 3 N–H and O–H groups in total. The summed E-state index contributed by atoms with van der Waals surface area (Å²) in [5.74, 6) is -0.0942. The number of nitrogens with zero attached hydrogens (tertiary/aromatic N) is 4. The first-order chi connectivity index (χ1) is 16.7. The molecule has 34 heavy (non-hydrogen) atoms. The number of anilines is 1. The van der Waals surface area contributed by atoms with Gasteiger partial charge in [0.2, 0.25) is 5.91 Å². The van der Waals surface area contributed by atoms with Gasteiger partial charge in [0.05, 0.1) is 40.7 Å². The van der Waals surface area contributed by atoms with Crippen molar-refractivity contribution in [2.75, 3.05) is 5.32 Å². The topological polar surface area (TPSA) is 112 Å². The number of pyridine rings is 3. The smallest absolute Gasteiger partial charge is 0.228 e. The zero-order valence-corrected chi connectivity index (χ0v) is 18.0. The van der Waals surface area contributed by atoms with Crippen LogP contribution in [-0.4, -0.2) is 36.0 Å². The summed E-state index contributed by atoms with van der Waals surface area (Å²) < 4.78 is 0. The molecule has 6 aromatic rings. The SMILES string of the molecule is O=C(Cc1ccccc1)Nc1cncc(-c2cnc3n[nH]c(-c4cc5ncccc5[nH]4)c3c2)c1. The van der Waals surface area contributed by atoms with Crippen molar-refractivity contribution < 1.29 is 4.79 Å². The van der Waals surface area contributed by atoms with E-state index in [9.17, 15) is 4.79 Å². The summed E-state index contributed by atoms with van der Waals surface area (Å²) in [6, 6.07) is 19.4. The van der Waals surface area contributed by atoms with Crippen molar-refractivity contribution in [1.29, 1.82) is 0 Å². The standard InChI is InChI=1S/C26H19N7O/c34-24(9-16-5-2-1-3-6-16)30-19-10-17(13-27-15-19)18-11-20-25(32-33-26(20)29-14-18)23-12-22-21(31-23)7-4-8-28-22/h1-8,10-15,31H,9H2,(H,30,34)(H,29,32,33). The van der Waals surface area contributed by atoms with Gasteiger partial charge in [-0.25, -0.2) is 4.98 Å². The van der Waals surface area contributed by atoms with E-state index in [2.05, 4.69) is 35.5 Å². The van der Waals surface area contributed by atoms with Gasteiger partial charge in [-0.1, -0.05) is 30.3 Å². The minimum absolute atomic E-state index is 0.0942. The highest BCUT2D eigenvalue weighted by molar-refractivity contribution is 5.96. The zero-order chi connectivity index (χ0) is 22.9. The molecule has 5 aromatic heterocycles. The first-order valence-electron chi connectivity index (χ1n) is 10.8. The summed E-state index contributed by atoms with van der Waals surface area (Å²) in [6.45, 7) is 0. The minimum atomic E-state index is -0.0942. The molecule has 0 fully saturated rings. The highest BCUT2D eigenvalue weighted by Gasteiger charge is 2.14. The highest BCUT2D eigenvalue weighted by atomic mass is 16.1. The van der Waals surface area contributed by atoms with Gasteiger partial charge in [-0.15, -0.1) is 0 Å². The van der Waals surface area contributed by atoms with E-state index in [0.29, 0.717) is 17.8 Å². The second-order valence-corrected chi connectivity index (χ2v) is 7.99. The van der Waals surface area contributed by atoms with Crippen molar-refractivity contribution in [1.82, 2.24) is 30.1 Å². The minimum Gasteiger partial charge on any atom is -0.352 e. The number of aromatic amines is 2. The molecule has 164 valence electrons. The van der Waals surface area contributed by atoms with E-state index >= 15 is 0 Å². The molecule has 0 saturated heterocycles. The normalized spacial score (nSPS) is 11.2. The van der Waals surface area contributed by atoms with Crippen molar-refractivity contribution in [3.05, 3.63) is 91.0 Å². The predicted molar refractivity (Wildman–Crippen MR) is 131 cm³/mol. The quantitative estimate of drug-likeness (QED) is 0.355. The molecule has 0 atom stereocenters. The van der Waals surface area contributed by atoms with Crippen LogP contribution in [-0.2, 0) is 11.2 Å². The van der Waals surface area contributed by atoms with Crippen LogP contribution in [0.1, 0.15) is 5.56 Å². The third kappa shape index (κ3) is 3.77. The maximum atomic E-state index is 12.5. The van der Waals surface area contributed by atoms with E-state index in [-0.39, 0.29) is 5.91 Å². The molecule has 0 aliphatic carbocycles. The Bertz CT molecular complexity index is 1600. The molecule has 0 bridgehead atoms. The van der Waals surface area contributed by atoms with Crippen LogP contribution in [0.4, 0.5) is 5.69 Å². The lowest BCUT2D eigenvalue weighted by Gasteiger charge is -2.07. The molecule has 6 rings (SSSR count). The Morgan fingerprint density at radius 3 is 2.68 bits per heavy atom. The van der Waals surface area contributed by atoms with E-state index in [0.717, 1.165) is 44.5 Å². The molecule has 5 heterocycles. The maximum absolute atomic E-state index is 12.5. The van der Waals surface area contributed by atoms with Gasteiger partial charge in [-0.05, 0) is 35.9 Å². The Labute approximate surface area is 194 Å². The third-order valence-electron chi connectivity index (χ3n) is 5.63. The molecular weight excluding hydrogens is 426 g/mol. The Morgan fingerprint density at radius 1 is 0.912 bits per heavy atom. The molecule has 8 heteroatoms. The van der Waals surface area contributed by atoms with Gasteiger partial charge in [0.25, 0.3) is 0 Å². The lowest BCUT2D eigenvalue weighted by Crippen LogP contribution is -2.14. The number of nitrogens with one attached hydrogen (secondary N) is 3. The number of hydrogen-bond acceptors (Lipinski definition) is 5. The van der Waals surface area contributed by atoms with Gasteiger partial charge in [-0.2, -0.15) is 5.10 Å². The fraction of sp³-hybridized carbons (Fsp3) is 0.0385. The molecule has 0 aliphatic heterocycles. The molecule has 1 aromatic carbocycles. The first kappa shape index (κ1) is 19.8. The van der Waals surface area contributed by atoms with Gasteiger partial charge in [0, 0.05) is 35.1 Å². The van der Waals surface area contributed by atoms with E-state index in [1.807, 2.05) is 60.7 Å². The van der Waals surface area contributed by atoms with Crippen LogP contribution < -0.4 is 5.32 Å². The predicted octanol–water partition coefficient (Wildman–Crippen LogP) is 4.74. The number of aromatic nitrogens is 6. The number of fused-ring (bicyclic) bond motifs is 2. The second-order valence-electron chi connectivity index (χ2n) is 7.99. The van der Waals surface area contributed by atoms with Gasteiger partial charge in [0.15, 0.2) is 5.65 Å². The summed E-state index contributed by atoms with van der Waals surface area (Å²) in [4.78, 5) is 29.1. The van der Waals surface area contributed by atoms with Crippen molar-refractivity contribution in [2.24, 2.45) is 0 Å². The maximum Gasteiger partial charge on any atom is 0.228 e. The van der Waals surface area contributed by atoms with Crippen LogP contribution in [0, 0.1) is 0 Å². The lowest BCUT2D eigenvalue weighted by molar-refractivity contribution is -0.115. The average Bonchev–Trinajstić information content (AvgIpc) is 3.48. The monoisotopic (exact) mass is 445 g/mol. The number of amides is 1. The van der Waals surface area contributed by atoms with Gasteiger partial charge >= 0.3 is 0 Å². The lowest BCUT2D eigenvalue weighted by atomic mass is 10.1. The van der Waals surface area contributed by atoms with E-state index < -0.39 is 0 Å². The van der Waals surface area contributed by atoms with E-state index in [1.54, 1.807) is 24.8 Å². The van der Waals surface area contributed by atoms with Crippen molar-refractivity contribution >= 4 is 33.7 Å². The molecule has 8 nitrogen and oxygen atoms in total. The molecule has 0 radical (unpaired) electrons. The van der Waals surface area contributed by atoms with Crippen LogP contribution in [0.3, 0.4) is 0 Å². The number of H-pyrrole nitrogens is 2. The van der Waals surface area contributed by atoms with E-state index in [4.69, 9.17) is 0 Å². The number of hydrogen-bond donors (Lipinski definition) is 3. The number of rotatable bonds is 5. The first-order valence-corrected chi connectivity index (χ1v) is 10.8. The zero-order valence-electron chi connectivity index (χ0n) is 18.0. The molecule has 1 amide bonds. The molecule has 0 spiro atoms. The summed E-state index contributed by atoms with van der Waals surface area (Å²) >= 11 is 0. The van der Waals surface area contributed by atoms with Gasteiger partial charge in [-0.3, -0.25) is 19.9 Å². The summed E-state index contributed by atoms with van der Waals surface area (Å²) in [5, 5.41) is 11.2. The fourth-order valence-corrected chi connectivity index (χ4v) is 4.01. The van der Waals surface area contributed by atoms with Crippen LogP contribution in [0.15, 0.2) is 85.5 Å². The average molecular weight is 445 g/mol. The van der Waals surface area contributed by atoms with Crippen LogP contribution in [0.5, 0.6) is 0 Å². The molecule has 0 unspecified atom stereocenters. The summed E-state index contributed by atoms with van der Waals surface area (Å²) in [6.07, 6.45) is 7.22. The highest BCUT2D eigenvalue weighted by Crippen LogP contribution is 2.30. The Balaban J connectivity index is 1.30.